The molecule has 9 atom stereocenters. The van der Waals surface area contributed by atoms with Crippen LogP contribution < -0.4 is 5.73 Å². The molecule has 6 N–H and O–H groups in total. The van der Waals surface area contributed by atoms with Crippen LogP contribution in [0.25, 0.3) is 0 Å². The van der Waals surface area contributed by atoms with Crippen LogP contribution in [0, 0.1) is 29.6 Å². The number of carbonyl (C=O) groups is 2. The lowest BCUT2D eigenvalue weighted by atomic mass is 9.84. The van der Waals surface area contributed by atoms with Crippen molar-refractivity contribution >= 4 is 12.1 Å². The molecule has 0 spiro atoms. The molecule has 8 unspecified atom stereocenters. The van der Waals surface area contributed by atoms with E-state index in [4.69, 9.17) is 15.6 Å². The Morgan fingerprint density at radius 2 is 1.59 bits per heavy atom. The minimum atomic E-state index is -0.988. The average Bonchev–Trinajstić information content (AvgIpc) is 2.87. The number of carboxylic acid groups (broad SMARTS) is 1. The maximum atomic E-state index is 11.3. The summed E-state index contributed by atoms with van der Waals surface area (Å²) in [6.45, 7) is 14.7. The van der Waals surface area contributed by atoms with Crippen molar-refractivity contribution in [3.63, 3.8) is 0 Å². The van der Waals surface area contributed by atoms with E-state index in [1.807, 2.05) is 58.9 Å². The fourth-order valence-electron chi connectivity index (χ4n) is 4.76. The molecule has 0 aromatic heterocycles. The van der Waals surface area contributed by atoms with Gasteiger partial charge in [0.15, 0.2) is 0 Å². The second-order valence-corrected chi connectivity index (χ2v) is 11.1. The smallest absolute Gasteiger partial charge is 0.404 e. The lowest BCUT2D eigenvalue weighted by molar-refractivity contribution is -0.146. The summed E-state index contributed by atoms with van der Waals surface area (Å²) in [5, 5.41) is 40.6. The highest BCUT2D eigenvalue weighted by Crippen LogP contribution is 2.26. The normalized spacial score (nSPS) is 19.6. The summed E-state index contributed by atoms with van der Waals surface area (Å²) in [4.78, 5) is 22.4. The maximum Gasteiger partial charge on any atom is 0.404 e. The van der Waals surface area contributed by atoms with Crippen molar-refractivity contribution in [3.8, 4) is 0 Å². The first-order valence-corrected chi connectivity index (χ1v) is 14.1. The van der Waals surface area contributed by atoms with E-state index >= 15 is 0 Å². The first-order valence-electron chi connectivity index (χ1n) is 14.1. The first kappa shape index (κ1) is 36.6. The van der Waals surface area contributed by atoms with Crippen LogP contribution in [0.2, 0.25) is 0 Å². The predicted molar refractivity (Wildman–Crippen MR) is 156 cm³/mol. The SMILES string of the molecule is C=C/C=C\CC(OC(N)=O)C(C)C(O)C(C)C/C(C)=C\C(C)C(O)C/C=C\CCCC(C)C(O)[C@@H](C)C(=O)O. The van der Waals surface area contributed by atoms with E-state index < -0.39 is 42.4 Å². The Balaban J connectivity index is 4.72. The van der Waals surface area contributed by atoms with E-state index in [-0.39, 0.29) is 23.7 Å². The number of nitrogens with two attached hydrogens (primary N) is 1. The number of carboxylic acids is 1. The molecular formula is C31H53NO7. The number of rotatable bonds is 20. The van der Waals surface area contributed by atoms with Gasteiger partial charge in [0.2, 0.25) is 0 Å². The molecule has 0 aliphatic carbocycles. The molecular weight excluding hydrogens is 498 g/mol. The fraction of sp³-hybridized carbons (Fsp3) is 0.677. The van der Waals surface area contributed by atoms with Crippen molar-refractivity contribution in [2.24, 2.45) is 35.3 Å². The van der Waals surface area contributed by atoms with Gasteiger partial charge in [0.05, 0.1) is 24.2 Å². The molecule has 0 aliphatic heterocycles. The van der Waals surface area contributed by atoms with Crippen LogP contribution in [0.4, 0.5) is 4.79 Å². The van der Waals surface area contributed by atoms with Crippen molar-refractivity contribution in [1.82, 2.24) is 0 Å². The van der Waals surface area contributed by atoms with Gasteiger partial charge >= 0.3 is 12.1 Å². The van der Waals surface area contributed by atoms with Crippen molar-refractivity contribution in [3.05, 3.63) is 48.6 Å². The molecule has 224 valence electrons. The zero-order valence-corrected chi connectivity index (χ0v) is 24.7. The van der Waals surface area contributed by atoms with Gasteiger partial charge in [-0.25, -0.2) is 4.79 Å². The largest absolute Gasteiger partial charge is 0.481 e. The van der Waals surface area contributed by atoms with Gasteiger partial charge in [0.1, 0.15) is 6.10 Å². The predicted octanol–water partition coefficient (Wildman–Crippen LogP) is 5.38. The van der Waals surface area contributed by atoms with E-state index in [0.29, 0.717) is 19.3 Å². The molecule has 8 heteroatoms. The maximum absolute atomic E-state index is 11.3. The number of primary amides is 1. The number of hydrogen-bond donors (Lipinski definition) is 5. The van der Waals surface area contributed by atoms with Crippen molar-refractivity contribution in [2.45, 2.75) is 104 Å². The van der Waals surface area contributed by atoms with Gasteiger partial charge in [0, 0.05) is 18.3 Å². The molecule has 0 saturated carbocycles. The molecule has 0 fully saturated rings. The second-order valence-electron chi connectivity index (χ2n) is 11.1. The minimum absolute atomic E-state index is 0.0703. The van der Waals surface area contributed by atoms with Crippen LogP contribution >= 0.6 is 0 Å². The molecule has 1 amide bonds. The molecule has 0 aromatic rings. The van der Waals surface area contributed by atoms with Gasteiger partial charge in [0.25, 0.3) is 0 Å². The van der Waals surface area contributed by atoms with Gasteiger partial charge in [-0.05, 0) is 57.8 Å². The Hall–Kier alpha value is -2.42. The van der Waals surface area contributed by atoms with Crippen LogP contribution in [0.15, 0.2) is 48.6 Å². The highest BCUT2D eigenvalue weighted by atomic mass is 16.6. The number of aliphatic hydroxyl groups is 3. The summed E-state index contributed by atoms with van der Waals surface area (Å²) < 4.78 is 5.24. The monoisotopic (exact) mass is 551 g/mol. The van der Waals surface area contributed by atoms with E-state index in [1.165, 1.54) is 6.92 Å². The lowest BCUT2D eigenvalue weighted by Gasteiger charge is -2.30. The third kappa shape index (κ3) is 15.1. The van der Waals surface area contributed by atoms with Gasteiger partial charge in [-0.15, -0.1) is 0 Å². The number of aliphatic hydroxyl groups excluding tert-OH is 3. The highest BCUT2D eigenvalue weighted by Gasteiger charge is 2.30. The average molecular weight is 552 g/mol. The molecule has 0 bridgehead atoms. The third-order valence-electron chi connectivity index (χ3n) is 7.47. The van der Waals surface area contributed by atoms with Crippen molar-refractivity contribution in [1.29, 1.82) is 0 Å². The summed E-state index contributed by atoms with van der Waals surface area (Å²) in [6.07, 6.45) is 11.6. The summed E-state index contributed by atoms with van der Waals surface area (Å²) in [5.74, 6) is -2.35. The van der Waals surface area contributed by atoms with Gasteiger partial charge in [-0.1, -0.05) is 76.3 Å². The highest BCUT2D eigenvalue weighted by molar-refractivity contribution is 5.70. The second kappa shape index (κ2) is 19.6. The summed E-state index contributed by atoms with van der Waals surface area (Å²) in [7, 11) is 0. The zero-order chi connectivity index (χ0) is 30.1. The molecule has 8 nitrogen and oxygen atoms in total. The fourth-order valence-corrected chi connectivity index (χ4v) is 4.76. The van der Waals surface area contributed by atoms with Crippen LogP contribution in [0.3, 0.4) is 0 Å². The van der Waals surface area contributed by atoms with Crippen molar-refractivity contribution in [2.75, 3.05) is 0 Å². The van der Waals surface area contributed by atoms with E-state index in [1.54, 1.807) is 12.2 Å². The number of carbonyl (C=O) groups excluding carboxylic acids is 1. The zero-order valence-electron chi connectivity index (χ0n) is 24.7. The Morgan fingerprint density at radius 1 is 0.949 bits per heavy atom. The minimum Gasteiger partial charge on any atom is -0.481 e. The standard InChI is InChI=1S/C31H53NO7/c1-8-9-12-17-27(39-31(32)38)24(6)29(35)23(5)19-20(2)18-22(4)26(33)16-14-11-10-13-15-21(3)28(34)25(7)30(36)37/h8-9,11-12,14,18,21-29,33-35H,1,10,13,15-17,19H2,2-7H3,(H2,32,38)(H,36,37)/b12-9-,14-11-,20-18-/t21?,22?,23?,24?,25-,26?,27?,28?,29?/m1/s1. The molecule has 0 aliphatic rings. The lowest BCUT2D eigenvalue weighted by Crippen LogP contribution is -2.37. The van der Waals surface area contributed by atoms with Crippen LogP contribution in [-0.2, 0) is 9.53 Å². The molecule has 0 radical (unpaired) electrons. The van der Waals surface area contributed by atoms with E-state index in [2.05, 4.69) is 6.58 Å². The Labute approximate surface area is 235 Å². The number of aliphatic carboxylic acids is 1. The Kier molecular flexibility index (Phi) is 18.4. The summed E-state index contributed by atoms with van der Waals surface area (Å²) in [5.41, 5.74) is 6.29. The van der Waals surface area contributed by atoms with E-state index in [9.17, 15) is 24.9 Å². The Bertz CT molecular complexity index is 822. The van der Waals surface area contributed by atoms with Crippen LogP contribution in [-0.4, -0.2) is 56.9 Å². The molecule has 0 aromatic carbocycles. The van der Waals surface area contributed by atoms with Crippen molar-refractivity contribution < 1.29 is 34.8 Å². The number of ether oxygens (including phenoxy) is 1. The summed E-state index contributed by atoms with van der Waals surface area (Å²) >= 11 is 0. The van der Waals surface area contributed by atoms with Gasteiger partial charge in [-0.2, -0.15) is 0 Å². The number of unbranched alkanes of at least 4 members (excludes halogenated alkanes) is 1. The number of allylic oxidation sites excluding steroid dienone is 4. The van der Waals surface area contributed by atoms with Crippen LogP contribution in [0.1, 0.15) is 80.1 Å². The van der Waals surface area contributed by atoms with Gasteiger partial charge < -0.3 is 30.9 Å². The topological polar surface area (TPSA) is 150 Å². The molecule has 39 heavy (non-hydrogen) atoms. The third-order valence-corrected chi connectivity index (χ3v) is 7.47. The summed E-state index contributed by atoms with van der Waals surface area (Å²) in [6, 6.07) is 0. The number of amides is 1. The number of hydrogen-bond acceptors (Lipinski definition) is 6. The molecule has 0 saturated heterocycles. The molecule has 0 heterocycles. The van der Waals surface area contributed by atoms with Crippen LogP contribution in [0.5, 0.6) is 0 Å². The Morgan fingerprint density at radius 3 is 2.15 bits per heavy atom. The quantitative estimate of drug-likeness (QED) is 0.0774. The van der Waals surface area contributed by atoms with E-state index in [0.717, 1.165) is 24.8 Å². The van der Waals surface area contributed by atoms with Gasteiger partial charge in [-0.3, -0.25) is 4.79 Å². The first-order chi connectivity index (χ1) is 18.2. The molecule has 0 rings (SSSR count).